The van der Waals surface area contributed by atoms with Crippen molar-refractivity contribution in [2.24, 2.45) is 11.8 Å². The summed E-state index contributed by atoms with van der Waals surface area (Å²) in [5.41, 5.74) is 1.38. The van der Waals surface area contributed by atoms with E-state index in [9.17, 15) is 4.79 Å². The van der Waals surface area contributed by atoms with Crippen molar-refractivity contribution in [1.82, 2.24) is 0 Å². The van der Waals surface area contributed by atoms with E-state index >= 15 is 0 Å². The molecule has 1 heteroatoms. The molecule has 14 heavy (non-hydrogen) atoms. The Kier molecular flexibility index (Phi) is 2.85. The van der Waals surface area contributed by atoms with Gasteiger partial charge in [0.2, 0.25) is 0 Å². The van der Waals surface area contributed by atoms with Crippen molar-refractivity contribution in [3.8, 4) is 0 Å². The highest BCUT2D eigenvalue weighted by molar-refractivity contribution is 5.78. The van der Waals surface area contributed by atoms with Crippen molar-refractivity contribution in [2.45, 2.75) is 39.0 Å². The maximum absolute atomic E-state index is 11.3. The quantitative estimate of drug-likeness (QED) is 0.650. The minimum Gasteiger partial charge on any atom is -0.300 e. The van der Waals surface area contributed by atoms with Gasteiger partial charge in [0.25, 0.3) is 0 Å². The molecule has 76 valence electrons. The summed E-state index contributed by atoms with van der Waals surface area (Å²) in [7, 11) is 0. The van der Waals surface area contributed by atoms with Gasteiger partial charge in [0.15, 0.2) is 0 Å². The molecule has 0 spiro atoms. The van der Waals surface area contributed by atoms with Crippen LogP contribution in [0.3, 0.4) is 0 Å². The first-order valence-electron chi connectivity index (χ1n) is 5.70. The molecule has 2 atom stereocenters. The van der Waals surface area contributed by atoms with Crippen LogP contribution in [-0.2, 0) is 4.79 Å². The van der Waals surface area contributed by atoms with Crippen molar-refractivity contribution in [2.75, 3.05) is 0 Å². The summed E-state index contributed by atoms with van der Waals surface area (Å²) >= 11 is 0. The fourth-order valence-corrected chi connectivity index (χ4v) is 2.08. The molecule has 0 bridgehead atoms. The molecule has 0 aliphatic heterocycles. The van der Waals surface area contributed by atoms with Gasteiger partial charge in [0.05, 0.1) is 0 Å². The van der Waals surface area contributed by atoms with E-state index in [1.165, 1.54) is 12.0 Å². The van der Waals surface area contributed by atoms with Gasteiger partial charge < -0.3 is 0 Å². The van der Waals surface area contributed by atoms with E-state index in [4.69, 9.17) is 0 Å². The number of carbonyl (C=O) groups is 1. The topological polar surface area (TPSA) is 17.1 Å². The first kappa shape index (κ1) is 9.70. The van der Waals surface area contributed by atoms with E-state index in [1.807, 2.05) is 0 Å². The van der Waals surface area contributed by atoms with Crippen LogP contribution in [0, 0.1) is 11.8 Å². The second-order valence-corrected chi connectivity index (χ2v) is 4.45. The number of fused-ring (bicyclic) bond motifs is 1. The predicted octanol–water partition coefficient (Wildman–Crippen LogP) is 3.27. The third-order valence-corrected chi connectivity index (χ3v) is 3.10. The highest BCUT2D eigenvalue weighted by atomic mass is 16.1. The highest BCUT2D eigenvalue weighted by Gasteiger charge is 2.34. The summed E-state index contributed by atoms with van der Waals surface area (Å²) in [6.45, 7) is 2.06. The van der Waals surface area contributed by atoms with E-state index in [1.54, 1.807) is 0 Å². The zero-order chi connectivity index (χ0) is 9.97. The fourth-order valence-electron chi connectivity index (χ4n) is 2.08. The third-order valence-electron chi connectivity index (χ3n) is 3.10. The summed E-state index contributed by atoms with van der Waals surface area (Å²) < 4.78 is 0. The average Bonchev–Trinajstić information content (AvgIpc) is 2.93. The van der Waals surface area contributed by atoms with Gasteiger partial charge in [-0.05, 0) is 31.1 Å². The number of rotatable bonds is 5. The van der Waals surface area contributed by atoms with E-state index in [2.05, 4.69) is 25.2 Å². The molecular formula is C13H18O. The lowest BCUT2D eigenvalue weighted by molar-refractivity contribution is -0.119. The van der Waals surface area contributed by atoms with Crippen LogP contribution in [0.4, 0.5) is 0 Å². The summed E-state index contributed by atoms with van der Waals surface area (Å²) in [6, 6.07) is 0. The molecule has 2 aliphatic rings. The van der Waals surface area contributed by atoms with E-state index in [0.29, 0.717) is 5.78 Å². The Morgan fingerprint density at radius 3 is 3.00 bits per heavy atom. The summed E-state index contributed by atoms with van der Waals surface area (Å²) in [6.07, 6.45) is 11.7. The second-order valence-electron chi connectivity index (χ2n) is 4.45. The molecule has 0 radical (unpaired) electrons. The SMILES string of the molecule is CCCC(=O)CCC1=CC2CC2C=C1. The summed E-state index contributed by atoms with van der Waals surface area (Å²) in [5.74, 6) is 2.07. The number of hydrogen-bond donors (Lipinski definition) is 0. The Balaban J connectivity index is 1.75. The fraction of sp³-hybridized carbons (Fsp3) is 0.615. The largest absolute Gasteiger partial charge is 0.300 e. The smallest absolute Gasteiger partial charge is 0.133 e. The molecule has 1 nitrogen and oxygen atoms in total. The zero-order valence-electron chi connectivity index (χ0n) is 8.83. The van der Waals surface area contributed by atoms with Crippen LogP contribution in [0.5, 0.6) is 0 Å². The lowest BCUT2D eigenvalue weighted by Crippen LogP contribution is -1.98. The Hall–Kier alpha value is -0.850. The van der Waals surface area contributed by atoms with Crippen molar-refractivity contribution >= 4 is 5.78 Å². The zero-order valence-corrected chi connectivity index (χ0v) is 8.83. The molecule has 0 saturated heterocycles. The lowest BCUT2D eigenvalue weighted by Gasteiger charge is -2.05. The van der Waals surface area contributed by atoms with Gasteiger partial charge in [-0.15, -0.1) is 0 Å². The second kappa shape index (κ2) is 4.12. The molecule has 0 amide bonds. The highest BCUT2D eigenvalue weighted by Crippen LogP contribution is 2.44. The summed E-state index contributed by atoms with van der Waals surface area (Å²) in [4.78, 5) is 11.3. The number of allylic oxidation sites excluding steroid dienone is 4. The molecule has 2 unspecified atom stereocenters. The molecular weight excluding hydrogens is 172 g/mol. The van der Waals surface area contributed by atoms with Crippen LogP contribution in [-0.4, -0.2) is 5.78 Å². The van der Waals surface area contributed by atoms with Gasteiger partial charge in [0.1, 0.15) is 5.78 Å². The van der Waals surface area contributed by atoms with Gasteiger partial charge in [-0.1, -0.05) is 30.7 Å². The lowest BCUT2D eigenvalue weighted by atomic mass is 10.0. The molecule has 0 N–H and O–H groups in total. The Bertz CT molecular complexity index is 286. The molecule has 2 aliphatic carbocycles. The molecule has 0 aromatic carbocycles. The average molecular weight is 190 g/mol. The normalized spacial score (nSPS) is 28.2. The minimum absolute atomic E-state index is 0.416. The molecule has 0 aromatic rings. The van der Waals surface area contributed by atoms with Crippen LogP contribution in [0.2, 0.25) is 0 Å². The first-order chi connectivity index (χ1) is 6.79. The molecule has 1 saturated carbocycles. The minimum atomic E-state index is 0.416. The third kappa shape index (κ3) is 2.34. The van der Waals surface area contributed by atoms with Crippen LogP contribution >= 0.6 is 0 Å². The number of hydrogen-bond acceptors (Lipinski definition) is 1. The summed E-state index contributed by atoms with van der Waals surface area (Å²) in [5, 5.41) is 0. The number of Topliss-reactive ketones (excluding diaryl/α,β-unsaturated/α-hetero) is 1. The van der Waals surface area contributed by atoms with Crippen molar-refractivity contribution < 1.29 is 4.79 Å². The predicted molar refractivity (Wildman–Crippen MR) is 58.0 cm³/mol. The van der Waals surface area contributed by atoms with Crippen molar-refractivity contribution in [3.63, 3.8) is 0 Å². The van der Waals surface area contributed by atoms with Gasteiger partial charge in [0, 0.05) is 12.8 Å². The van der Waals surface area contributed by atoms with E-state index < -0.39 is 0 Å². The maximum atomic E-state index is 11.3. The molecule has 0 heterocycles. The standard InChI is InChI=1S/C13H18O/c1-2-3-13(14)7-5-10-4-6-11-9-12(11)8-10/h4,6,8,11-12H,2-3,5,7,9H2,1H3. The van der Waals surface area contributed by atoms with Gasteiger partial charge in [-0.2, -0.15) is 0 Å². The van der Waals surface area contributed by atoms with E-state index in [-0.39, 0.29) is 0 Å². The Morgan fingerprint density at radius 2 is 2.29 bits per heavy atom. The van der Waals surface area contributed by atoms with Gasteiger partial charge in [-0.3, -0.25) is 4.79 Å². The van der Waals surface area contributed by atoms with Crippen LogP contribution in [0.25, 0.3) is 0 Å². The molecule has 2 rings (SSSR count). The van der Waals surface area contributed by atoms with Crippen molar-refractivity contribution in [3.05, 3.63) is 23.8 Å². The molecule has 0 aromatic heterocycles. The number of carbonyl (C=O) groups excluding carboxylic acids is 1. The van der Waals surface area contributed by atoms with E-state index in [0.717, 1.165) is 37.5 Å². The van der Waals surface area contributed by atoms with Crippen LogP contribution in [0.15, 0.2) is 23.8 Å². The molecule has 1 fully saturated rings. The first-order valence-corrected chi connectivity index (χ1v) is 5.70. The Labute approximate surface area is 85.9 Å². The maximum Gasteiger partial charge on any atom is 0.133 e. The number of ketones is 1. The van der Waals surface area contributed by atoms with Crippen LogP contribution < -0.4 is 0 Å². The van der Waals surface area contributed by atoms with Gasteiger partial charge >= 0.3 is 0 Å². The van der Waals surface area contributed by atoms with Crippen molar-refractivity contribution in [1.29, 1.82) is 0 Å². The Morgan fingerprint density at radius 1 is 1.43 bits per heavy atom. The monoisotopic (exact) mass is 190 g/mol. The van der Waals surface area contributed by atoms with Crippen LogP contribution in [0.1, 0.15) is 39.0 Å². The van der Waals surface area contributed by atoms with Gasteiger partial charge in [-0.25, -0.2) is 0 Å².